The van der Waals surface area contributed by atoms with Crippen molar-refractivity contribution in [3.05, 3.63) is 80.6 Å². The molecule has 0 spiro atoms. The highest BCUT2D eigenvalue weighted by Gasteiger charge is 2.31. The predicted molar refractivity (Wildman–Crippen MR) is 124 cm³/mol. The molecule has 1 heterocycles. The first-order chi connectivity index (χ1) is 15.3. The van der Waals surface area contributed by atoms with Gasteiger partial charge in [0.05, 0.1) is 40.7 Å². The lowest BCUT2D eigenvalue weighted by molar-refractivity contribution is 0.0518. The van der Waals surface area contributed by atoms with E-state index in [4.69, 9.17) is 16.3 Å². The molecular formula is C23H21BrClFN4O2. The minimum atomic E-state index is -0.698. The van der Waals surface area contributed by atoms with Crippen LogP contribution in [0.3, 0.4) is 0 Å². The third-order valence-corrected chi connectivity index (χ3v) is 5.64. The summed E-state index contributed by atoms with van der Waals surface area (Å²) in [4.78, 5) is 17.2. The van der Waals surface area contributed by atoms with Crippen LogP contribution in [-0.2, 0) is 4.74 Å². The van der Waals surface area contributed by atoms with Crippen molar-refractivity contribution in [3.8, 4) is 6.07 Å². The molecule has 0 amide bonds. The number of nitrogens with one attached hydrogen (secondary N) is 1. The second kappa shape index (κ2) is 10.2. The zero-order valence-corrected chi connectivity index (χ0v) is 20.0. The number of imidazole rings is 1. The van der Waals surface area contributed by atoms with E-state index in [1.54, 1.807) is 43.3 Å². The van der Waals surface area contributed by atoms with Crippen molar-refractivity contribution in [2.24, 2.45) is 0 Å². The summed E-state index contributed by atoms with van der Waals surface area (Å²) in [5, 5.41) is 12.3. The van der Waals surface area contributed by atoms with Crippen LogP contribution < -0.4 is 5.32 Å². The Bertz CT molecular complexity index is 1170. The van der Waals surface area contributed by atoms with E-state index in [1.807, 2.05) is 18.4 Å². The maximum Gasteiger partial charge on any atom is 0.358 e. The number of anilines is 1. The van der Waals surface area contributed by atoms with Crippen LogP contribution in [0.5, 0.6) is 0 Å². The zero-order chi connectivity index (χ0) is 23.4. The number of rotatable bonds is 7. The van der Waals surface area contributed by atoms with E-state index >= 15 is 0 Å². The summed E-state index contributed by atoms with van der Waals surface area (Å²) in [5.41, 5.74) is 1.94. The van der Waals surface area contributed by atoms with Crippen molar-refractivity contribution >= 4 is 39.2 Å². The van der Waals surface area contributed by atoms with E-state index in [2.05, 4.69) is 32.3 Å². The Labute approximate surface area is 199 Å². The Morgan fingerprint density at radius 1 is 1.31 bits per heavy atom. The van der Waals surface area contributed by atoms with Crippen LogP contribution in [0.1, 0.15) is 60.2 Å². The quantitative estimate of drug-likeness (QED) is 0.372. The van der Waals surface area contributed by atoms with Crippen LogP contribution in [0, 0.1) is 17.1 Å². The fraction of sp³-hybridized carbons (Fsp3) is 0.261. The molecule has 0 aliphatic heterocycles. The lowest BCUT2D eigenvalue weighted by Crippen LogP contribution is -2.22. The van der Waals surface area contributed by atoms with Gasteiger partial charge in [0.1, 0.15) is 0 Å². The molecule has 3 rings (SSSR count). The summed E-state index contributed by atoms with van der Waals surface area (Å²) in [6.07, 6.45) is 0. The molecular weight excluding hydrogens is 499 g/mol. The molecule has 1 atom stereocenters. The van der Waals surface area contributed by atoms with Gasteiger partial charge in [0.25, 0.3) is 0 Å². The average Bonchev–Trinajstić information content (AvgIpc) is 3.12. The van der Waals surface area contributed by atoms with E-state index in [1.165, 1.54) is 6.07 Å². The minimum Gasteiger partial charge on any atom is -0.461 e. The molecule has 6 nitrogen and oxygen atoms in total. The number of carbonyl (C=O) groups excluding carboxylic acids is 1. The standard InChI is InChI=1S/C23H21BrClFN4O2/c1-4-32-22(31)20-21(30(13(2)3)23(24)29-20)19(15-10-8-14(12-27)9-11-15)28-17-7-5-6-16(25)18(17)26/h5-11,13,19,28H,4H2,1-3H3. The molecule has 3 aromatic rings. The summed E-state index contributed by atoms with van der Waals surface area (Å²) in [6.45, 7) is 5.79. The molecule has 0 aliphatic carbocycles. The molecule has 1 N–H and O–H groups in total. The van der Waals surface area contributed by atoms with Gasteiger partial charge in [0.15, 0.2) is 16.2 Å². The Balaban J connectivity index is 2.26. The fourth-order valence-electron chi connectivity index (χ4n) is 3.36. The predicted octanol–water partition coefficient (Wildman–Crippen LogP) is 6.27. The number of hydrogen-bond acceptors (Lipinski definition) is 5. The summed E-state index contributed by atoms with van der Waals surface area (Å²) in [7, 11) is 0. The monoisotopic (exact) mass is 518 g/mol. The normalized spacial score (nSPS) is 11.8. The smallest absolute Gasteiger partial charge is 0.358 e. The summed E-state index contributed by atoms with van der Waals surface area (Å²) >= 11 is 9.43. The molecule has 32 heavy (non-hydrogen) atoms. The molecule has 0 saturated heterocycles. The number of halogens is 3. The molecule has 0 fully saturated rings. The van der Waals surface area contributed by atoms with E-state index in [9.17, 15) is 14.4 Å². The second-order valence-electron chi connectivity index (χ2n) is 7.21. The highest BCUT2D eigenvalue weighted by Crippen LogP contribution is 2.35. The van der Waals surface area contributed by atoms with Gasteiger partial charge >= 0.3 is 5.97 Å². The molecule has 2 aromatic carbocycles. The third-order valence-electron chi connectivity index (χ3n) is 4.79. The van der Waals surface area contributed by atoms with Crippen molar-refractivity contribution in [1.29, 1.82) is 5.26 Å². The van der Waals surface area contributed by atoms with E-state index in [0.717, 1.165) is 0 Å². The van der Waals surface area contributed by atoms with Gasteiger partial charge in [-0.2, -0.15) is 5.26 Å². The number of carbonyl (C=O) groups is 1. The number of nitrogens with zero attached hydrogens (tertiary/aromatic N) is 3. The van der Waals surface area contributed by atoms with Gasteiger partial charge in [0.2, 0.25) is 0 Å². The van der Waals surface area contributed by atoms with Gasteiger partial charge in [-0.1, -0.05) is 29.8 Å². The van der Waals surface area contributed by atoms with Crippen molar-refractivity contribution in [2.45, 2.75) is 32.9 Å². The van der Waals surface area contributed by atoms with Crippen molar-refractivity contribution < 1.29 is 13.9 Å². The van der Waals surface area contributed by atoms with E-state index in [0.29, 0.717) is 21.6 Å². The molecule has 1 unspecified atom stereocenters. The number of benzene rings is 2. The van der Waals surface area contributed by atoms with Gasteiger partial charge in [-0.05, 0) is 66.5 Å². The number of esters is 1. The van der Waals surface area contributed by atoms with Crippen LogP contribution in [-0.4, -0.2) is 22.1 Å². The average molecular weight is 520 g/mol. The number of nitriles is 1. The largest absolute Gasteiger partial charge is 0.461 e. The van der Waals surface area contributed by atoms with Gasteiger partial charge < -0.3 is 14.6 Å². The minimum absolute atomic E-state index is 0.0299. The molecule has 9 heteroatoms. The van der Waals surface area contributed by atoms with Crippen LogP contribution >= 0.6 is 27.5 Å². The van der Waals surface area contributed by atoms with Gasteiger partial charge in [-0.3, -0.25) is 0 Å². The number of hydrogen-bond donors (Lipinski definition) is 1. The lowest BCUT2D eigenvalue weighted by Gasteiger charge is -2.25. The third kappa shape index (κ3) is 4.79. The first-order valence-corrected chi connectivity index (χ1v) is 11.1. The zero-order valence-electron chi connectivity index (χ0n) is 17.7. The highest BCUT2D eigenvalue weighted by molar-refractivity contribution is 9.10. The maximum atomic E-state index is 14.8. The van der Waals surface area contributed by atoms with Crippen LogP contribution in [0.15, 0.2) is 47.2 Å². The Morgan fingerprint density at radius 3 is 2.59 bits per heavy atom. The SMILES string of the molecule is CCOC(=O)c1nc(Br)n(C(C)C)c1C(Nc1cccc(Cl)c1F)c1ccc(C#N)cc1. The molecule has 1 aromatic heterocycles. The van der Waals surface area contributed by atoms with Gasteiger partial charge in [-0.15, -0.1) is 0 Å². The van der Waals surface area contributed by atoms with E-state index < -0.39 is 17.8 Å². The second-order valence-corrected chi connectivity index (χ2v) is 8.33. The molecule has 0 aliphatic rings. The lowest BCUT2D eigenvalue weighted by atomic mass is 9.99. The van der Waals surface area contributed by atoms with Gasteiger partial charge in [0, 0.05) is 6.04 Å². The van der Waals surface area contributed by atoms with Crippen LogP contribution in [0.25, 0.3) is 0 Å². The summed E-state index contributed by atoms with van der Waals surface area (Å²) in [5.74, 6) is -1.20. The van der Waals surface area contributed by atoms with E-state index in [-0.39, 0.29) is 29.1 Å². The van der Waals surface area contributed by atoms with Crippen LogP contribution in [0.4, 0.5) is 10.1 Å². The Kier molecular flexibility index (Phi) is 7.54. The fourth-order valence-corrected chi connectivity index (χ4v) is 4.32. The molecule has 0 bridgehead atoms. The van der Waals surface area contributed by atoms with Crippen molar-refractivity contribution in [3.63, 3.8) is 0 Å². The summed E-state index contributed by atoms with van der Waals surface area (Å²) in [6, 6.07) is 12.8. The van der Waals surface area contributed by atoms with Crippen molar-refractivity contribution in [2.75, 3.05) is 11.9 Å². The molecule has 0 radical (unpaired) electrons. The van der Waals surface area contributed by atoms with Gasteiger partial charge in [-0.25, -0.2) is 14.2 Å². The highest BCUT2D eigenvalue weighted by atomic mass is 79.9. The Hall–Kier alpha value is -2.89. The number of ether oxygens (including phenoxy) is 1. The first kappa shape index (κ1) is 23.8. The maximum absolute atomic E-state index is 14.8. The Morgan fingerprint density at radius 2 is 2.00 bits per heavy atom. The number of aromatic nitrogens is 2. The molecule has 166 valence electrons. The topological polar surface area (TPSA) is 79.9 Å². The summed E-state index contributed by atoms with van der Waals surface area (Å²) < 4.78 is 22.3. The first-order valence-electron chi connectivity index (χ1n) is 9.93. The van der Waals surface area contributed by atoms with Crippen LogP contribution in [0.2, 0.25) is 5.02 Å². The van der Waals surface area contributed by atoms with Crippen molar-refractivity contribution in [1.82, 2.24) is 9.55 Å². The molecule has 0 saturated carbocycles.